The highest BCUT2D eigenvalue weighted by atomic mass is 32.1. The van der Waals surface area contributed by atoms with Crippen molar-refractivity contribution in [2.24, 2.45) is 0 Å². The molecule has 6 nitrogen and oxygen atoms in total. The van der Waals surface area contributed by atoms with Crippen molar-refractivity contribution in [2.45, 2.75) is 0 Å². The van der Waals surface area contributed by atoms with Gasteiger partial charge in [0.05, 0.1) is 24.4 Å². The molecular formula is C20H23N3O3S2. The number of nitrogens with zero attached hydrogens (tertiary/aromatic N) is 3. The minimum Gasteiger partial charge on any atom is -0.493 e. The van der Waals surface area contributed by atoms with Crippen molar-refractivity contribution in [1.29, 1.82) is 0 Å². The Morgan fingerprint density at radius 3 is 2.57 bits per heavy atom. The summed E-state index contributed by atoms with van der Waals surface area (Å²) in [4.78, 5) is 22.4. The van der Waals surface area contributed by atoms with Crippen molar-refractivity contribution in [2.75, 3.05) is 46.3 Å². The zero-order valence-electron chi connectivity index (χ0n) is 16.3. The molecule has 8 heteroatoms. The van der Waals surface area contributed by atoms with Gasteiger partial charge in [0.1, 0.15) is 0 Å². The molecule has 2 aromatic heterocycles. The first-order valence-electron chi connectivity index (χ1n) is 8.72. The number of fused-ring (bicyclic) bond motifs is 1. The average Bonchev–Trinajstić information content (AvgIpc) is 3.34. The van der Waals surface area contributed by atoms with Gasteiger partial charge >= 0.3 is 0 Å². The molecule has 148 valence electrons. The lowest BCUT2D eigenvalue weighted by Crippen LogP contribution is -2.35. The van der Waals surface area contributed by atoms with Crippen molar-refractivity contribution < 1.29 is 14.3 Å². The van der Waals surface area contributed by atoms with E-state index >= 15 is 0 Å². The first-order chi connectivity index (χ1) is 13.5. The van der Waals surface area contributed by atoms with E-state index in [-0.39, 0.29) is 5.91 Å². The fourth-order valence-corrected chi connectivity index (χ4v) is 4.21. The van der Waals surface area contributed by atoms with Gasteiger partial charge in [-0.2, -0.15) is 0 Å². The molecular weight excluding hydrogens is 394 g/mol. The van der Waals surface area contributed by atoms with Gasteiger partial charge in [-0.05, 0) is 31.6 Å². The fourth-order valence-electron chi connectivity index (χ4n) is 2.59. The lowest BCUT2D eigenvalue weighted by Gasteiger charge is -2.20. The maximum atomic E-state index is 12.9. The molecule has 0 bridgehead atoms. The van der Waals surface area contributed by atoms with Gasteiger partial charge in [-0.1, -0.05) is 17.4 Å². The molecule has 2 heterocycles. The molecule has 1 amide bonds. The van der Waals surface area contributed by atoms with Gasteiger partial charge in [-0.15, -0.1) is 11.3 Å². The van der Waals surface area contributed by atoms with E-state index in [0.717, 1.165) is 21.6 Å². The van der Waals surface area contributed by atoms with Crippen LogP contribution in [0, 0.1) is 0 Å². The Hall–Kier alpha value is -2.42. The number of anilines is 1. The van der Waals surface area contributed by atoms with Gasteiger partial charge in [0, 0.05) is 36.2 Å². The van der Waals surface area contributed by atoms with E-state index < -0.39 is 0 Å². The second-order valence-corrected chi connectivity index (χ2v) is 8.30. The summed E-state index contributed by atoms with van der Waals surface area (Å²) in [6, 6.07) is 7.68. The Morgan fingerprint density at radius 2 is 1.93 bits per heavy atom. The highest BCUT2D eigenvalue weighted by molar-refractivity contribution is 7.22. The van der Waals surface area contributed by atoms with Crippen LogP contribution in [0.4, 0.5) is 5.13 Å². The maximum Gasteiger partial charge on any atom is 0.252 e. The van der Waals surface area contributed by atoms with Gasteiger partial charge in [-0.25, -0.2) is 4.98 Å². The number of benzene rings is 1. The summed E-state index contributed by atoms with van der Waals surface area (Å²) in [5.41, 5.74) is 0.780. The Morgan fingerprint density at radius 1 is 1.18 bits per heavy atom. The standard InChI is InChI=1S/C20H23N3O3S2/c1-22(2)9-10-23(19(24)8-7-14-6-5-11-27-14)20-21-15-12-16(25-3)17(26-4)13-18(15)28-20/h5-8,11-13H,9-10H2,1-4H3/b8-7+. The summed E-state index contributed by atoms with van der Waals surface area (Å²) in [7, 11) is 7.17. The molecule has 0 aliphatic carbocycles. The van der Waals surface area contributed by atoms with Gasteiger partial charge in [0.25, 0.3) is 5.91 Å². The molecule has 3 aromatic rings. The Balaban J connectivity index is 1.93. The molecule has 0 radical (unpaired) electrons. The zero-order valence-corrected chi connectivity index (χ0v) is 18.0. The highest BCUT2D eigenvalue weighted by Gasteiger charge is 2.19. The number of amides is 1. The zero-order chi connectivity index (χ0) is 20.1. The number of carbonyl (C=O) groups is 1. The van der Waals surface area contributed by atoms with E-state index in [1.165, 1.54) is 11.3 Å². The average molecular weight is 418 g/mol. The second-order valence-electron chi connectivity index (χ2n) is 6.31. The van der Waals surface area contributed by atoms with Crippen LogP contribution >= 0.6 is 22.7 Å². The third-order valence-electron chi connectivity index (χ3n) is 4.08. The molecule has 3 rings (SSSR count). The number of hydrogen-bond acceptors (Lipinski definition) is 7. The largest absolute Gasteiger partial charge is 0.493 e. The molecule has 0 saturated carbocycles. The van der Waals surface area contributed by atoms with Crippen LogP contribution in [0.2, 0.25) is 0 Å². The topological polar surface area (TPSA) is 54.9 Å². The number of hydrogen-bond donors (Lipinski definition) is 0. The summed E-state index contributed by atoms with van der Waals surface area (Å²) in [5.74, 6) is 1.18. The summed E-state index contributed by atoms with van der Waals surface area (Å²) < 4.78 is 11.7. The summed E-state index contributed by atoms with van der Waals surface area (Å²) in [5, 5.41) is 2.65. The number of rotatable bonds is 8. The van der Waals surface area contributed by atoms with Crippen molar-refractivity contribution in [1.82, 2.24) is 9.88 Å². The van der Waals surface area contributed by atoms with Crippen LogP contribution in [0.1, 0.15) is 4.88 Å². The Labute approximate surface area is 172 Å². The lowest BCUT2D eigenvalue weighted by atomic mass is 10.3. The highest BCUT2D eigenvalue weighted by Crippen LogP contribution is 2.37. The van der Waals surface area contributed by atoms with Crippen molar-refractivity contribution >= 4 is 50.0 Å². The molecule has 0 aliphatic rings. The molecule has 0 N–H and O–H groups in total. The molecule has 28 heavy (non-hydrogen) atoms. The second kappa shape index (κ2) is 9.18. The first-order valence-corrected chi connectivity index (χ1v) is 10.4. The van der Waals surface area contributed by atoms with E-state index in [2.05, 4.69) is 4.98 Å². The smallest absolute Gasteiger partial charge is 0.252 e. The quantitative estimate of drug-likeness (QED) is 0.519. The van der Waals surface area contributed by atoms with E-state index in [9.17, 15) is 4.79 Å². The van der Waals surface area contributed by atoms with E-state index in [4.69, 9.17) is 9.47 Å². The summed E-state index contributed by atoms with van der Waals surface area (Å²) >= 11 is 3.06. The van der Waals surface area contributed by atoms with Crippen LogP contribution in [0.25, 0.3) is 16.3 Å². The number of likely N-dealkylation sites (N-methyl/N-ethyl adjacent to an activating group) is 1. The van der Waals surface area contributed by atoms with Crippen LogP contribution in [0.5, 0.6) is 11.5 Å². The predicted molar refractivity (Wildman–Crippen MR) is 117 cm³/mol. The normalized spacial score (nSPS) is 11.5. The van der Waals surface area contributed by atoms with Gasteiger partial charge in [0.2, 0.25) is 0 Å². The third-order valence-corrected chi connectivity index (χ3v) is 5.96. The Bertz CT molecular complexity index is 924. The number of carbonyl (C=O) groups excluding carboxylic acids is 1. The van der Waals surface area contributed by atoms with Crippen LogP contribution in [0.3, 0.4) is 0 Å². The van der Waals surface area contributed by atoms with E-state index in [1.807, 2.05) is 54.7 Å². The summed E-state index contributed by atoms with van der Waals surface area (Å²) in [6.07, 6.45) is 3.45. The van der Waals surface area contributed by atoms with Crippen molar-refractivity contribution in [3.63, 3.8) is 0 Å². The fraction of sp³-hybridized carbons (Fsp3) is 0.300. The number of methoxy groups -OCH3 is 2. The van der Waals surface area contributed by atoms with Gasteiger partial charge in [0.15, 0.2) is 16.6 Å². The minimum atomic E-state index is -0.0896. The number of thiophene rings is 1. The maximum absolute atomic E-state index is 12.9. The SMILES string of the molecule is COc1cc2nc(N(CCN(C)C)C(=O)/C=C/c3cccs3)sc2cc1OC. The van der Waals surface area contributed by atoms with Crippen LogP contribution in [0.15, 0.2) is 35.7 Å². The van der Waals surface area contributed by atoms with E-state index in [1.54, 1.807) is 36.5 Å². The molecule has 1 aromatic carbocycles. The lowest BCUT2D eigenvalue weighted by molar-refractivity contribution is -0.114. The van der Waals surface area contributed by atoms with Gasteiger partial charge < -0.3 is 14.4 Å². The molecule has 0 spiro atoms. The van der Waals surface area contributed by atoms with Crippen molar-refractivity contribution in [3.8, 4) is 11.5 Å². The first kappa shape index (κ1) is 20.3. The molecule has 0 aliphatic heterocycles. The van der Waals surface area contributed by atoms with Crippen LogP contribution < -0.4 is 14.4 Å². The predicted octanol–water partition coefficient (Wildman–Crippen LogP) is 3.98. The third kappa shape index (κ3) is 4.70. The van der Waals surface area contributed by atoms with Crippen LogP contribution in [-0.2, 0) is 4.79 Å². The van der Waals surface area contributed by atoms with Crippen molar-refractivity contribution in [3.05, 3.63) is 40.6 Å². The van der Waals surface area contributed by atoms with E-state index in [0.29, 0.717) is 23.2 Å². The molecule has 0 unspecified atom stereocenters. The monoisotopic (exact) mass is 417 g/mol. The number of thiazole rings is 1. The molecule has 0 atom stereocenters. The molecule has 0 fully saturated rings. The van der Waals surface area contributed by atoms with Gasteiger partial charge in [-0.3, -0.25) is 9.69 Å². The molecule has 0 saturated heterocycles. The Kier molecular flexibility index (Phi) is 6.66. The number of ether oxygens (including phenoxy) is 2. The summed E-state index contributed by atoms with van der Waals surface area (Å²) in [6.45, 7) is 1.29. The minimum absolute atomic E-state index is 0.0896. The number of aromatic nitrogens is 1. The van der Waals surface area contributed by atoms with Crippen LogP contribution in [-0.4, -0.2) is 57.2 Å².